The first kappa shape index (κ1) is 17.8. The van der Waals surface area contributed by atoms with Crippen LogP contribution in [-0.2, 0) is 20.4 Å². The van der Waals surface area contributed by atoms with Crippen LogP contribution in [0.4, 0.5) is 11.5 Å². The van der Waals surface area contributed by atoms with Gasteiger partial charge in [-0.2, -0.15) is 5.26 Å². The quantitative estimate of drug-likeness (QED) is 0.812. The highest BCUT2D eigenvalue weighted by molar-refractivity contribution is 7.89. The molecule has 1 aromatic carbocycles. The minimum absolute atomic E-state index is 0.177. The van der Waals surface area contributed by atoms with Crippen molar-refractivity contribution in [2.75, 3.05) is 17.3 Å². The van der Waals surface area contributed by atoms with Gasteiger partial charge in [-0.15, -0.1) is 0 Å². The van der Waals surface area contributed by atoms with Crippen LogP contribution in [0.25, 0.3) is 11.4 Å². The van der Waals surface area contributed by atoms with Crippen LogP contribution in [0.1, 0.15) is 18.5 Å². The predicted molar refractivity (Wildman–Crippen MR) is 96.3 cm³/mol. The number of benzene rings is 1. The van der Waals surface area contributed by atoms with E-state index in [2.05, 4.69) is 15.3 Å². The first-order chi connectivity index (χ1) is 12.2. The number of anilines is 2. The Hall–Kier alpha value is -2.99. The molecule has 9 heteroatoms. The molecule has 1 fully saturated rings. The van der Waals surface area contributed by atoms with Gasteiger partial charge < -0.3 is 11.1 Å². The number of hydrogen-bond acceptors (Lipinski definition) is 7. The summed E-state index contributed by atoms with van der Waals surface area (Å²) in [4.78, 5) is 20.4. The van der Waals surface area contributed by atoms with E-state index in [9.17, 15) is 13.2 Å². The van der Waals surface area contributed by atoms with E-state index in [1.165, 1.54) is 6.07 Å². The minimum Gasteiger partial charge on any atom is -0.384 e. The number of rotatable bonds is 5. The van der Waals surface area contributed by atoms with E-state index in [1.807, 2.05) is 6.07 Å². The molecule has 0 unspecified atom stereocenters. The van der Waals surface area contributed by atoms with Crippen LogP contribution < -0.4 is 11.1 Å². The first-order valence-corrected chi connectivity index (χ1v) is 9.91. The number of nitrogens with zero attached hydrogens (tertiary/aromatic N) is 3. The third kappa shape index (κ3) is 3.97. The van der Waals surface area contributed by atoms with Gasteiger partial charge in [-0.3, -0.25) is 4.79 Å². The number of nitrogens with one attached hydrogen (secondary N) is 1. The smallest absolute Gasteiger partial charge is 0.244 e. The van der Waals surface area contributed by atoms with Gasteiger partial charge >= 0.3 is 0 Å². The fourth-order valence-electron chi connectivity index (χ4n) is 2.46. The number of carbonyl (C=O) groups is 1. The lowest BCUT2D eigenvalue weighted by Gasteiger charge is -2.09. The second-order valence-electron chi connectivity index (χ2n) is 6.40. The summed E-state index contributed by atoms with van der Waals surface area (Å²) in [6.45, 7) is 0. The Balaban J connectivity index is 1.80. The van der Waals surface area contributed by atoms with Gasteiger partial charge in [0.15, 0.2) is 15.7 Å². The van der Waals surface area contributed by atoms with Crippen molar-refractivity contribution < 1.29 is 13.2 Å². The SMILES string of the molecule is CS(=O)(=O)Cc1cc(N)nc(-c2ccc(NC(=O)C3(C#N)CC3)cc2)n1. The lowest BCUT2D eigenvalue weighted by molar-refractivity contribution is -0.119. The van der Waals surface area contributed by atoms with Gasteiger partial charge in [-0.25, -0.2) is 18.4 Å². The first-order valence-electron chi connectivity index (χ1n) is 7.85. The maximum absolute atomic E-state index is 12.1. The van der Waals surface area contributed by atoms with E-state index in [0.717, 1.165) is 6.26 Å². The normalized spacial score (nSPS) is 15.1. The summed E-state index contributed by atoms with van der Waals surface area (Å²) in [6, 6.07) is 10.2. The summed E-state index contributed by atoms with van der Waals surface area (Å²) in [5.41, 5.74) is 6.36. The van der Waals surface area contributed by atoms with Gasteiger partial charge in [0.2, 0.25) is 5.91 Å². The molecular formula is C17H17N5O3S. The van der Waals surface area contributed by atoms with Gasteiger partial charge in [-0.05, 0) is 37.1 Å². The predicted octanol–water partition coefficient (Wildman–Crippen LogP) is 1.51. The summed E-state index contributed by atoms with van der Waals surface area (Å²) in [7, 11) is -3.24. The minimum atomic E-state index is -3.24. The van der Waals surface area contributed by atoms with E-state index in [0.29, 0.717) is 35.6 Å². The Labute approximate surface area is 151 Å². The van der Waals surface area contributed by atoms with E-state index in [1.54, 1.807) is 24.3 Å². The number of carbonyl (C=O) groups excluding carboxylic acids is 1. The average Bonchev–Trinajstić information content (AvgIpc) is 3.34. The van der Waals surface area contributed by atoms with Crippen LogP contribution in [-0.4, -0.2) is 30.5 Å². The molecule has 1 saturated carbocycles. The summed E-state index contributed by atoms with van der Waals surface area (Å²) in [5, 5.41) is 11.8. The molecule has 1 amide bonds. The Morgan fingerprint density at radius 2 is 1.96 bits per heavy atom. The molecule has 1 aliphatic carbocycles. The van der Waals surface area contributed by atoms with Gasteiger partial charge in [0, 0.05) is 23.6 Å². The van der Waals surface area contributed by atoms with Crippen LogP contribution in [0.5, 0.6) is 0 Å². The monoisotopic (exact) mass is 371 g/mol. The Morgan fingerprint density at radius 3 is 2.50 bits per heavy atom. The molecule has 1 heterocycles. The summed E-state index contributed by atoms with van der Waals surface area (Å²) in [5.74, 6) is -0.0479. The van der Waals surface area contributed by atoms with Crippen molar-refractivity contribution in [3.8, 4) is 17.5 Å². The number of amides is 1. The molecule has 0 radical (unpaired) electrons. The molecular weight excluding hydrogens is 354 g/mol. The molecule has 1 aromatic heterocycles. The maximum atomic E-state index is 12.1. The highest BCUT2D eigenvalue weighted by Crippen LogP contribution is 2.45. The van der Waals surface area contributed by atoms with Gasteiger partial charge in [0.25, 0.3) is 0 Å². The van der Waals surface area contributed by atoms with Crippen molar-refractivity contribution in [2.45, 2.75) is 18.6 Å². The van der Waals surface area contributed by atoms with E-state index in [-0.39, 0.29) is 17.5 Å². The van der Waals surface area contributed by atoms with Crippen LogP contribution in [0.15, 0.2) is 30.3 Å². The second kappa shape index (κ2) is 6.38. The molecule has 1 aliphatic rings. The van der Waals surface area contributed by atoms with E-state index in [4.69, 9.17) is 11.0 Å². The number of hydrogen-bond donors (Lipinski definition) is 2. The molecule has 3 rings (SSSR count). The van der Waals surface area contributed by atoms with Gasteiger partial charge in [-0.1, -0.05) is 0 Å². The molecule has 0 atom stereocenters. The lowest BCUT2D eigenvalue weighted by Crippen LogP contribution is -2.22. The standard InChI is InChI=1S/C17H17N5O3S/c1-26(24,25)9-13-8-14(19)22-15(20-13)11-2-4-12(5-3-11)21-16(23)17(10-18)6-7-17/h2-5,8H,6-7,9H2,1H3,(H,21,23)(H2,19,20,22). The second-order valence-corrected chi connectivity index (χ2v) is 8.54. The van der Waals surface area contributed by atoms with Crippen molar-refractivity contribution in [2.24, 2.45) is 5.41 Å². The van der Waals surface area contributed by atoms with Crippen molar-refractivity contribution in [1.82, 2.24) is 9.97 Å². The van der Waals surface area contributed by atoms with Crippen LogP contribution in [0.2, 0.25) is 0 Å². The Bertz CT molecular complexity index is 1010. The summed E-state index contributed by atoms with van der Waals surface area (Å²) >= 11 is 0. The van der Waals surface area contributed by atoms with E-state index >= 15 is 0 Å². The Kier molecular flexibility index (Phi) is 4.38. The average molecular weight is 371 g/mol. The molecule has 0 aliphatic heterocycles. The topological polar surface area (TPSA) is 139 Å². The van der Waals surface area contributed by atoms with Crippen molar-refractivity contribution in [3.63, 3.8) is 0 Å². The van der Waals surface area contributed by atoms with Gasteiger partial charge in [0.1, 0.15) is 11.2 Å². The third-order valence-electron chi connectivity index (χ3n) is 4.01. The zero-order valence-corrected chi connectivity index (χ0v) is 14.9. The third-order valence-corrected chi connectivity index (χ3v) is 4.83. The van der Waals surface area contributed by atoms with Crippen LogP contribution >= 0.6 is 0 Å². The zero-order chi connectivity index (χ0) is 18.9. The molecule has 0 saturated heterocycles. The number of aromatic nitrogens is 2. The van der Waals surface area contributed by atoms with Crippen LogP contribution in [0.3, 0.4) is 0 Å². The van der Waals surface area contributed by atoms with Gasteiger partial charge in [0.05, 0.1) is 17.5 Å². The number of nitrogens with two attached hydrogens (primary N) is 1. The molecule has 8 nitrogen and oxygen atoms in total. The number of nitriles is 1. The molecule has 26 heavy (non-hydrogen) atoms. The maximum Gasteiger partial charge on any atom is 0.244 e. The molecule has 134 valence electrons. The van der Waals surface area contributed by atoms with Crippen molar-refractivity contribution >= 4 is 27.2 Å². The molecule has 3 N–H and O–H groups in total. The molecule has 0 spiro atoms. The van der Waals surface area contributed by atoms with Crippen LogP contribution in [0, 0.1) is 16.7 Å². The van der Waals surface area contributed by atoms with Crippen molar-refractivity contribution in [3.05, 3.63) is 36.0 Å². The molecule has 2 aromatic rings. The number of sulfone groups is 1. The zero-order valence-electron chi connectivity index (χ0n) is 14.1. The fraction of sp³-hybridized carbons (Fsp3) is 0.294. The summed E-state index contributed by atoms with van der Waals surface area (Å²) < 4.78 is 22.9. The molecule has 0 bridgehead atoms. The highest BCUT2D eigenvalue weighted by atomic mass is 32.2. The number of nitrogen functional groups attached to an aromatic ring is 1. The summed E-state index contributed by atoms with van der Waals surface area (Å²) in [6.07, 6.45) is 2.28. The Morgan fingerprint density at radius 1 is 1.31 bits per heavy atom. The van der Waals surface area contributed by atoms with Crippen molar-refractivity contribution in [1.29, 1.82) is 5.26 Å². The lowest BCUT2D eigenvalue weighted by atomic mass is 10.1. The van der Waals surface area contributed by atoms with E-state index < -0.39 is 15.3 Å². The highest BCUT2D eigenvalue weighted by Gasteiger charge is 2.50. The fourth-order valence-corrected chi connectivity index (χ4v) is 3.14. The largest absolute Gasteiger partial charge is 0.384 e.